The number of nitriles is 1. The van der Waals surface area contributed by atoms with E-state index < -0.39 is 5.97 Å². The number of carbonyl (C=O) groups is 1. The molecule has 0 saturated carbocycles. The molecule has 1 aromatic carbocycles. The Labute approximate surface area is 88.3 Å². The van der Waals surface area contributed by atoms with E-state index in [1.54, 1.807) is 6.07 Å². The highest BCUT2D eigenvalue weighted by molar-refractivity contribution is 5.96. The van der Waals surface area contributed by atoms with Crippen molar-refractivity contribution in [1.29, 1.82) is 5.26 Å². The smallest absolute Gasteiger partial charge is 0.346 e. The zero-order valence-corrected chi connectivity index (χ0v) is 8.61. The van der Waals surface area contributed by atoms with Crippen LogP contribution in [-0.2, 0) is 4.79 Å². The van der Waals surface area contributed by atoms with Crippen LogP contribution >= 0.6 is 0 Å². The van der Waals surface area contributed by atoms with Gasteiger partial charge in [0.15, 0.2) is 0 Å². The summed E-state index contributed by atoms with van der Waals surface area (Å²) in [6.45, 7) is 3.80. The minimum Gasteiger partial charge on any atom is -0.477 e. The fourth-order valence-electron chi connectivity index (χ4n) is 1.21. The lowest BCUT2D eigenvalue weighted by Gasteiger charge is -2.01. The van der Waals surface area contributed by atoms with E-state index in [9.17, 15) is 4.79 Å². The third-order valence-electron chi connectivity index (χ3n) is 2.09. The van der Waals surface area contributed by atoms with Crippen molar-refractivity contribution in [2.24, 2.45) is 0 Å². The summed E-state index contributed by atoms with van der Waals surface area (Å²) < 4.78 is 0. The maximum absolute atomic E-state index is 10.6. The van der Waals surface area contributed by atoms with Crippen LogP contribution in [0.1, 0.15) is 16.7 Å². The molecule has 1 aromatic rings. The van der Waals surface area contributed by atoms with E-state index in [4.69, 9.17) is 10.4 Å². The standard InChI is InChI=1S/C12H11NO2/c1-8-3-4-9(2)10(5-8)6-11(7-13)12(14)15/h3-6H,1-2H3,(H,14,15). The molecule has 0 amide bonds. The Morgan fingerprint density at radius 3 is 2.67 bits per heavy atom. The van der Waals surface area contributed by atoms with Crippen molar-refractivity contribution in [1.82, 2.24) is 0 Å². The van der Waals surface area contributed by atoms with Gasteiger partial charge in [0.05, 0.1) is 0 Å². The molecule has 1 N–H and O–H groups in total. The summed E-state index contributed by atoms with van der Waals surface area (Å²) in [5.41, 5.74) is 2.52. The monoisotopic (exact) mass is 201 g/mol. The largest absolute Gasteiger partial charge is 0.477 e. The molecule has 15 heavy (non-hydrogen) atoms. The molecule has 0 atom stereocenters. The van der Waals surface area contributed by atoms with Crippen molar-refractivity contribution >= 4 is 12.0 Å². The van der Waals surface area contributed by atoms with Gasteiger partial charge < -0.3 is 5.11 Å². The second-order valence-electron chi connectivity index (χ2n) is 3.34. The molecule has 0 bridgehead atoms. The second-order valence-corrected chi connectivity index (χ2v) is 3.34. The Bertz CT molecular complexity index is 467. The average Bonchev–Trinajstić information content (AvgIpc) is 2.18. The van der Waals surface area contributed by atoms with E-state index in [2.05, 4.69) is 0 Å². The van der Waals surface area contributed by atoms with Gasteiger partial charge in [-0.2, -0.15) is 5.26 Å². The molecule has 0 unspecified atom stereocenters. The highest BCUT2D eigenvalue weighted by Gasteiger charge is 2.06. The van der Waals surface area contributed by atoms with Gasteiger partial charge in [0, 0.05) is 0 Å². The first-order valence-corrected chi connectivity index (χ1v) is 4.47. The van der Waals surface area contributed by atoms with Crippen molar-refractivity contribution in [3.05, 3.63) is 40.5 Å². The number of hydrogen-bond donors (Lipinski definition) is 1. The van der Waals surface area contributed by atoms with Crippen LogP contribution in [0.15, 0.2) is 23.8 Å². The summed E-state index contributed by atoms with van der Waals surface area (Å²) in [6, 6.07) is 7.36. The summed E-state index contributed by atoms with van der Waals surface area (Å²) in [4.78, 5) is 10.6. The Morgan fingerprint density at radius 1 is 1.47 bits per heavy atom. The van der Waals surface area contributed by atoms with Crippen molar-refractivity contribution in [3.63, 3.8) is 0 Å². The Hall–Kier alpha value is -2.08. The molecular weight excluding hydrogens is 190 g/mol. The van der Waals surface area contributed by atoms with Crippen molar-refractivity contribution < 1.29 is 9.90 Å². The lowest BCUT2D eigenvalue weighted by atomic mass is 10.0. The Balaban J connectivity index is 3.23. The van der Waals surface area contributed by atoms with Gasteiger partial charge in [0.1, 0.15) is 11.6 Å². The van der Waals surface area contributed by atoms with Gasteiger partial charge in [0.25, 0.3) is 0 Å². The van der Waals surface area contributed by atoms with Crippen LogP contribution in [0.4, 0.5) is 0 Å². The molecule has 3 heteroatoms. The Morgan fingerprint density at radius 2 is 2.13 bits per heavy atom. The van der Waals surface area contributed by atoms with Gasteiger partial charge in [0.2, 0.25) is 0 Å². The second kappa shape index (κ2) is 4.43. The van der Waals surface area contributed by atoms with Crippen molar-refractivity contribution in [3.8, 4) is 6.07 Å². The van der Waals surface area contributed by atoms with Crippen LogP contribution in [0.25, 0.3) is 6.08 Å². The lowest BCUT2D eigenvalue weighted by molar-refractivity contribution is -0.132. The molecular formula is C12H11NO2. The van der Waals surface area contributed by atoms with E-state index in [0.29, 0.717) is 0 Å². The molecule has 0 fully saturated rings. The number of nitrogens with zero attached hydrogens (tertiary/aromatic N) is 1. The zero-order chi connectivity index (χ0) is 11.4. The molecule has 0 aliphatic rings. The number of aliphatic carboxylic acids is 1. The molecule has 0 aliphatic heterocycles. The number of aryl methyl sites for hydroxylation is 2. The zero-order valence-electron chi connectivity index (χ0n) is 8.61. The van der Waals surface area contributed by atoms with E-state index in [1.807, 2.05) is 32.0 Å². The van der Waals surface area contributed by atoms with Gasteiger partial charge in [-0.3, -0.25) is 0 Å². The third-order valence-corrected chi connectivity index (χ3v) is 2.09. The molecule has 0 spiro atoms. The predicted octanol–water partition coefficient (Wildman–Crippen LogP) is 2.30. The van der Waals surface area contributed by atoms with Crippen molar-refractivity contribution in [2.75, 3.05) is 0 Å². The van der Waals surface area contributed by atoms with Crippen LogP contribution in [0.5, 0.6) is 0 Å². The highest BCUT2D eigenvalue weighted by Crippen LogP contribution is 2.14. The van der Waals surface area contributed by atoms with Crippen molar-refractivity contribution in [2.45, 2.75) is 13.8 Å². The summed E-state index contributed by atoms with van der Waals surface area (Å²) in [7, 11) is 0. The molecule has 0 heterocycles. The third kappa shape index (κ3) is 2.68. The summed E-state index contributed by atoms with van der Waals surface area (Å²) in [5, 5.41) is 17.3. The molecule has 1 rings (SSSR count). The van der Waals surface area contributed by atoms with Crippen LogP contribution in [0, 0.1) is 25.2 Å². The number of rotatable bonds is 2. The minimum atomic E-state index is -1.20. The van der Waals surface area contributed by atoms with Gasteiger partial charge in [-0.05, 0) is 31.1 Å². The van der Waals surface area contributed by atoms with Crippen LogP contribution in [0.2, 0.25) is 0 Å². The molecule has 0 saturated heterocycles. The predicted molar refractivity (Wildman–Crippen MR) is 57.1 cm³/mol. The molecule has 0 aliphatic carbocycles. The highest BCUT2D eigenvalue weighted by atomic mass is 16.4. The van der Waals surface area contributed by atoms with Crippen LogP contribution in [-0.4, -0.2) is 11.1 Å². The van der Waals surface area contributed by atoms with Crippen LogP contribution < -0.4 is 0 Å². The van der Waals surface area contributed by atoms with Gasteiger partial charge in [-0.25, -0.2) is 4.79 Å². The molecule has 3 nitrogen and oxygen atoms in total. The van der Waals surface area contributed by atoms with E-state index in [0.717, 1.165) is 16.7 Å². The first-order chi connectivity index (χ1) is 7.04. The SMILES string of the molecule is Cc1ccc(C)c(C=C(C#N)C(=O)O)c1. The summed E-state index contributed by atoms with van der Waals surface area (Å²) >= 11 is 0. The van der Waals surface area contributed by atoms with E-state index >= 15 is 0 Å². The fourth-order valence-corrected chi connectivity index (χ4v) is 1.21. The molecule has 0 radical (unpaired) electrons. The lowest BCUT2D eigenvalue weighted by Crippen LogP contribution is -1.98. The molecule has 0 aromatic heterocycles. The van der Waals surface area contributed by atoms with Gasteiger partial charge in [-0.15, -0.1) is 0 Å². The minimum absolute atomic E-state index is 0.247. The average molecular weight is 201 g/mol. The number of benzene rings is 1. The summed E-state index contributed by atoms with van der Waals surface area (Å²) in [6.07, 6.45) is 1.39. The topological polar surface area (TPSA) is 61.1 Å². The maximum Gasteiger partial charge on any atom is 0.346 e. The van der Waals surface area contributed by atoms with E-state index in [-0.39, 0.29) is 5.57 Å². The summed E-state index contributed by atoms with van der Waals surface area (Å²) in [5.74, 6) is -1.20. The van der Waals surface area contributed by atoms with Gasteiger partial charge in [-0.1, -0.05) is 23.8 Å². The number of hydrogen-bond acceptors (Lipinski definition) is 2. The number of carboxylic acid groups (broad SMARTS) is 1. The maximum atomic E-state index is 10.6. The normalized spacial score (nSPS) is 10.9. The number of carboxylic acids is 1. The first kappa shape index (κ1) is 11.0. The van der Waals surface area contributed by atoms with E-state index in [1.165, 1.54) is 6.08 Å². The fraction of sp³-hybridized carbons (Fsp3) is 0.167. The van der Waals surface area contributed by atoms with Gasteiger partial charge >= 0.3 is 5.97 Å². The molecule has 76 valence electrons. The van der Waals surface area contributed by atoms with Crippen LogP contribution in [0.3, 0.4) is 0 Å². The first-order valence-electron chi connectivity index (χ1n) is 4.47. The Kier molecular flexibility index (Phi) is 3.25. The quantitative estimate of drug-likeness (QED) is 0.590.